The van der Waals surface area contributed by atoms with Crippen LogP contribution in [-0.4, -0.2) is 23.1 Å². The molecule has 7 nitrogen and oxygen atoms in total. The fourth-order valence-electron chi connectivity index (χ4n) is 2.83. The molecule has 7 heteroatoms. The lowest BCUT2D eigenvalue weighted by molar-refractivity contribution is 0.592. The molecular weight excluding hydrogens is 270 g/mol. The predicted octanol–water partition coefficient (Wildman–Crippen LogP) is 0.713. The van der Waals surface area contributed by atoms with Gasteiger partial charge in [0.05, 0.1) is 0 Å². The van der Waals surface area contributed by atoms with Crippen LogP contribution in [-0.2, 0) is 20.6 Å². The smallest absolute Gasteiger partial charge is 0.317 e. The van der Waals surface area contributed by atoms with Crippen molar-refractivity contribution >= 4 is 16.9 Å². The molecule has 21 heavy (non-hydrogen) atoms. The maximum Gasteiger partial charge on any atom is 0.332 e. The average molecular weight is 289 g/mol. The fraction of sp³-hybridized carbons (Fsp3) is 0.500. The van der Waals surface area contributed by atoms with Crippen LogP contribution in [0.2, 0.25) is 0 Å². The Hall–Kier alpha value is -2.31. The van der Waals surface area contributed by atoms with Gasteiger partial charge in [0.2, 0.25) is 5.78 Å². The number of nitrogens with zero attached hydrogens (tertiary/aromatic N) is 5. The minimum atomic E-state index is -0.313. The minimum absolute atomic E-state index is 0.267. The monoisotopic (exact) mass is 289 g/mol. The van der Waals surface area contributed by atoms with Crippen molar-refractivity contribution in [3.63, 3.8) is 0 Å². The topological polar surface area (TPSA) is 66.2 Å². The van der Waals surface area contributed by atoms with E-state index in [-0.39, 0.29) is 11.2 Å². The zero-order valence-electron chi connectivity index (χ0n) is 13.0. The first kappa shape index (κ1) is 13.7. The molecule has 0 radical (unpaired) electrons. The Morgan fingerprint density at radius 3 is 2.33 bits per heavy atom. The molecule has 0 atom stereocenters. The molecule has 0 spiro atoms. The fourth-order valence-corrected chi connectivity index (χ4v) is 2.83. The van der Waals surface area contributed by atoms with Crippen LogP contribution in [0.1, 0.15) is 24.7 Å². The van der Waals surface area contributed by atoms with E-state index in [1.54, 1.807) is 7.05 Å². The van der Waals surface area contributed by atoms with Gasteiger partial charge in [-0.15, -0.1) is 0 Å². The standard InChI is InChI=1S/C14H19N5O2/c1-6-7-18-12(20)10-11(17(5)14(18)21)15-13-16(4)8(2)9(3)19(10)13/h6-7H2,1-5H3. The Balaban J connectivity index is 2.64. The second-order valence-corrected chi connectivity index (χ2v) is 5.45. The van der Waals surface area contributed by atoms with Gasteiger partial charge in [-0.1, -0.05) is 6.92 Å². The molecule has 0 aliphatic carbocycles. The first-order valence-corrected chi connectivity index (χ1v) is 7.04. The molecule has 0 fully saturated rings. The Bertz CT molecular complexity index is 983. The van der Waals surface area contributed by atoms with Crippen LogP contribution in [0.3, 0.4) is 0 Å². The number of aryl methyl sites for hydroxylation is 3. The SMILES string of the molecule is CCCn1c(=O)c2c(nc3n(C)c(C)c(C)n23)n(C)c1=O. The van der Waals surface area contributed by atoms with Crippen LogP contribution >= 0.6 is 0 Å². The van der Waals surface area contributed by atoms with Crippen LogP contribution in [0, 0.1) is 13.8 Å². The molecule has 0 amide bonds. The molecule has 0 saturated carbocycles. The lowest BCUT2D eigenvalue weighted by Crippen LogP contribution is -2.39. The largest absolute Gasteiger partial charge is 0.332 e. The third-order valence-electron chi connectivity index (χ3n) is 4.23. The minimum Gasteiger partial charge on any atom is -0.317 e. The van der Waals surface area contributed by atoms with Crippen molar-refractivity contribution in [2.75, 3.05) is 0 Å². The first-order chi connectivity index (χ1) is 9.90. The summed E-state index contributed by atoms with van der Waals surface area (Å²) in [5.41, 5.74) is 2.35. The number of hydrogen-bond donors (Lipinski definition) is 0. The average Bonchev–Trinajstić information content (AvgIpc) is 2.95. The van der Waals surface area contributed by atoms with Crippen molar-refractivity contribution in [3.8, 4) is 0 Å². The highest BCUT2D eigenvalue weighted by atomic mass is 16.2. The number of fused-ring (bicyclic) bond motifs is 3. The predicted molar refractivity (Wildman–Crippen MR) is 80.9 cm³/mol. The normalized spacial score (nSPS) is 11.9. The van der Waals surface area contributed by atoms with E-state index in [4.69, 9.17) is 0 Å². The van der Waals surface area contributed by atoms with Gasteiger partial charge in [-0.05, 0) is 20.3 Å². The summed E-state index contributed by atoms with van der Waals surface area (Å²) in [6.07, 6.45) is 0.732. The Morgan fingerprint density at radius 1 is 1.05 bits per heavy atom. The van der Waals surface area contributed by atoms with Crippen LogP contribution in [0.25, 0.3) is 16.9 Å². The van der Waals surface area contributed by atoms with Gasteiger partial charge in [0, 0.05) is 32.0 Å². The third kappa shape index (κ3) is 1.57. The summed E-state index contributed by atoms with van der Waals surface area (Å²) in [7, 11) is 3.57. The van der Waals surface area contributed by atoms with Crippen LogP contribution in [0.5, 0.6) is 0 Å². The summed E-state index contributed by atoms with van der Waals surface area (Å²) < 4.78 is 6.52. The van der Waals surface area contributed by atoms with Crippen molar-refractivity contribution in [1.82, 2.24) is 23.1 Å². The van der Waals surface area contributed by atoms with Crippen molar-refractivity contribution in [3.05, 3.63) is 32.2 Å². The quantitative estimate of drug-likeness (QED) is 0.698. The van der Waals surface area contributed by atoms with Gasteiger partial charge in [-0.2, -0.15) is 4.98 Å². The molecule has 3 rings (SSSR count). The summed E-state index contributed by atoms with van der Waals surface area (Å²) in [6.45, 7) is 6.31. The van der Waals surface area contributed by atoms with Gasteiger partial charge < -0.3 is 4.57 Å². The van der Waals surface area contributed by atoms with E-state index < -0.39 is 0 Å². The van der Waals surface area contributed by atoms with Gasteiger partial charge in [0.25, 0.3) is 5.56 Å². The van der Waals surface area contributed by atoms with E-state index >= 15 is 0 Å². The number of hydrogen-bond acceptors (Lipinski definition) is 3. The summed E-state index contributed by atoms with van der Waals surface area (Å²) in [5, 5.41) is 0. The van der Waals surface area contributed by atoms with Gasteiger partial charge in [-0.25, -0.2) is 4.79 Å². The maximum atomic E-state index is 12.7. The molecule has 3 aromatic heterocycles. The van der Waals surface area contributed by atoms with Gasteiger partial charge in [0.15, 0.2) is 11.2 Å². The van der Waals surface area contributed by atoms with Crippen molar-refractivity contribution in [2.45, 2.75) is 33.7 Å². The molecule has 0 bridgehead atoms. The van der Waals surface area contributed by atoms with Crippen LogP contribution in [0.15, 0.2) is 9.59 Å². The molecule has 0 N–H and O–H groups in total. The molecule has 0 aromatic carbocycles. The molecule has 3 aromatic rings. The van der Waals surface area contributed by atoms with Gasteiger partial charge >= 0.3 is 5.69 Å². The second-order valence-electron chi connectivity index (χ2n) is 5.45. The van der Waals surface area contributed by atoms with E-state index in [9.17, 15) is 9.59 Å². The van der Waals surface area contributed by atoms with Gasteiger partial charge in [0.1, 0.15) is 0 Å². The summed E-state index contributed by atoms with van der Waals surface area (Å²) >= 11 is 0. The highest BCUT2D eigenvalue weighted by Gasteiger charge is 2.20. The Labute approximate surface area is 121 Å². The highest BCUT2D eigenvalue weighted by Crippen LogP contribution is 2.18. The summed E-state index contributed by atoms with van der Waals surface area (Å²) in [6, 6.07) is 0. The molecule has 3 heterocycles. The van der Waals surface area contributed by atoms with Crippen LogP contribution < -0.4 is 11.2 Å². The van der Waals surface area contributed by atoms with E-state index in [0.717, 1.165) is 17.8 Å². The molecule has 0 unspecified atom stereocenters. The van der Waals surface area contributed by atoms with Crippen molar-refractivity contribution in [1.29, 1.82) is 0 Å². The Kier molecular flexibility index (Phi) is 2.82. The second kappa shape index (κ2) is 4.34. The molecule has 0 saturated heterocycles. The molecule has 0 aliphatic heterocycles. The molecular formula is C14H19N5O2. The van der Waals surface area contributed by atoms with Crippen LogP contribution in [0.4, 0.5) is 0 Å². The lowest BCUT2D eigenvalue weighted by Gasteiger charge is -2.06. The maximum absolute atomic E-state index is 12.7. The molecule has 0 aliphatic rings. The number of rotatable bonds is 2. The zero-order valence-corrected chi connectivity index (χ0v) is 13.0. The first-order valence-electron chi connectivity index (χ1n) is 7.04. The number of aromatic nitrogens is 5. The Morgan fingerprint density at radius 2 is 1.71 bits per heavy atom. The van der Waals surface area contributed by atoms with E-state index in [0.29, 0.717) is 23.5 Å². The summed E-state index contributed by atoms with van der Waals surface area (Å²) in [5.74, 6) is 0.682. The zero-order chi connectivity index (χ0) is 15.5. The molecule has 112 valence electrons. The van der Waals surface area contributed by atoms with E-state index in [1.165, 1.54) is 9.13 Å². The third-order valence-corrected chi connectivity index (χ3v) is 4.23. The summed E-state index contributed by atoms with van der Waals surface area (Å²) in [4.78, 5) is 29.5. The van der Waals surface area contributed by atoms with Gasteiger partial charge in [-0.3, -0.25) is 18.3 Å². The lowest BCUT2D eigenvalue weighted by atomic mass is 10.3. The number of imidazole rings is 2. The van der Waals surface area contributed by atoms with Crippen molar-refractivity contribution in [2.24, 2.45) is 14.1 Å². The highest BCUT2D eigenvalue weighted by molar-refractivity contribution is 5.76. The van der Waals surface area contributed by atoms with Crippen molar-refractivity contribution < 1.29 is 0 Å². The van der Waals surface area contributed by atoms with E-state index in [1.807, 2.05) is 36.8 Å². The van der Waals surface area contributed by atoms with E-state index in [2.05, 4.69) is 4.98 Å².